The predicted octanol–water partition coefficient (Wildman–Crippen LogP) is 0.210. The topological polar surface area (TPSA) is 84.1 Å². The lowest BCUT2D eigenvalue weighted by Gasteiger charge is -2.14. The molecule has 0 aliphatic rings. The van der Waals surface area contributed by atoms with Crippen molar-refractivity contribution >= 4 is 5.97 Å². The Morgan fingerprint density at radius 2 is 2.18 bits per heavy atom. The zero-order chi connectivity index (χ0) is 13.0. The molecule has 1 rings (SSSR count). The summed E-state index contributed by atoms with van der Waals surface area (Å²) < 4.78 is 4.51. The van der Waals surface area contributed by atoms with Crippen LogP contribution in [-0.2, 0) is 9.53 Å². The van der Waals surface area contributed by atoms with E-state index in [1.807, 2.05) is 0 Å². The second kappa shape index (κ2) is 5.58. The molecule has 0 fully saturated rings. The Morgan fingerprint density at radius 1 is 1.53 bits per heavy atom. The first-order valence-electron chi connectivity index (χ1n) is 5.33. The molecule has 1 aromatic heterocycles. The summed E-state index contributed by atoms with van der Waals surface area (Å²) in [4.78, 5) is 29.6. The zero-order valence-corrected chi connectivity index (χ0v) is 10.5. The van der Waals surface area contributed by atoms with Crippen LogP contribution in [0.5, 0.6) is 0 Å². The van der Waals surface area contributed by atoms with Gasteiger partial charge in [-0.3, -0.25) is 9.59 Å². The molecule has 0 saturated heterocycles. The van der Waals surface area contributed by atoms with Gasteiger partial charge in [0.2, 0.25) is 0 Å². The number of esters is 1. The van der Waals surface area contributed by atoms with Crippen LogP contribution in [0.25, 0.3) is 0 Å². The molecule has 0 aliphatic heterocycles. The number of aromatic nitrogens is 2. The van der Waals surface area contributed by atoms with E-state index in [9.17, 15) is 9.59 Å². The number of hydrogen-bond acceptors (Lipinski definition) is 5. The standard InChI is InChI=1S/C11H17N3O3/c1-6(12-5-9(15)17-4)10-7(2)13-8(3)14-11(10)16/h6,12H,5H2,1-4H3,(H,13,14,16). The lowest BCUT2D eigenvalue weighted by molar-refractivity contribution is -0.139. The number of methoxy groups -OCH3 is 1. The smallest absolute Gasteiger partial charge is 0.319 e. The Kier molecular flexibility index (Phi) is 4.39. The van der Waals surface area contributed by atoms with Gasteiger partial charge in [0.1, 0.15) is 5.82 Å². The van der Waals surface area contributed by atoms with Gasteiger partial charge in [-0.05, 0) is 20.8 Å². The van der Waals surface area contributed by atoms with Gasteiger partial charge in [-0.2, -0.15) is 0 Å². The van der Waals surface area contributed by atoms with Gasteiger partial charge >= 0.3 is 5.97 Å². The summed E-state index contributed by atoms with van der Waals surface area (Å²) in [5, 5.41) is 2.92. The Hall–Kier alpha value is -1.69. The van der Waals surface area contributed by atoms with Crippen molar-refractivity contribution in [2.75, 3.05) is 13.7 Å². The number of hydrogen-bond donors (Lipinski definition) is 2. The van der Waals surface area contributed by atoms with Crippen LogP contribution in [-0.4, -0.2) is 29.6 Å². The number of rotatable bonds is 4. The van der Waals surface area contributed by atoms with Gasteiger partial charge in [-0.15, -0.1) is 0 Å². The lowest BCUT2D eigenvalue weighted by Crippen LogP contribution is -2.31. The largest absolute Gasteiger partial charge is 0.468 e. The first-order valence-corrected chi connectivity index (χ1v) is 5.33. The van der Waals surface area contributed by atoms with Crippen molar-refractivity contribution in [2.24, 2.45) is 0 Å². The average Bonchev–Trinajstić information content (AvgIpc) is 2.24. The maximum absolute atomic E-state index is 11.8. The number of ether oxygens (including phenoxy) is 1. The molecule has 1 aromatic rings. The zero-order valence-electron chi connectivity index (χ0n) is 10.5. The SMILES string of the molecule is COC(=O)CNC(C)c1c(C)nc(C)[nH]c1=O. The van der Waals surface area contributed by atoms with Crippen LogP contribution in [0, 0.1) is 13.8 Å². The first-order chi connectivity index (χ1) is 7.95. The highest BCUT2D eigenvalue weighted by Crippen LogP contribution is 2.10. The van der Waals surface area contributed by atoms with Crippen molar-refractivity contribution in [1.29, 1.82) is 0 Å². The first kappa shape index (κ1) is 13.4. The van der Waals surface area contributed by atoms with Crippen LogP contribution in [0.4, 0.5) is 0 Å². The summed E-state index contributed by atoms with van der Waals surface area (Å²) in [5.74, 6) is 0.211. The van der Waals surface area contributed by atoms with E-state index in [0.717, 1.165) is 0 Å². The van der Waals surface area contributed by atoms with Crippen molar-refractivity contribution in [1.82, 2.24) is 15.3 Å². The fraction of sp³-hybridized carbons (Fsp3) is 0.545. The molecule has 6 nitrogen and oxygen atoms in total. The summed E-state index contributed by atoms with van der Waals surface area (Å²) in [6, 6.07) is -0.258. The Morgan fingerprint density at radius 3 is 2.71 bits per heavy atom. The molecule has 0 radical (unpaired) electrons. The highest BCUT2D eigenvalue weighted by Gasteiger charge is 2.15. The van der Waals surface area contributed by atoms with Gasteiger partial charge < -0.3 is 15.0 Å². The highest BCUT2D eigenvalue weighted by molar-refractivity contribution is 5.71. The summed E-state index contributed by atoms with van der Waals surface area (Å²) in [5.41, 5.74) is 1.02. The molecular formula is C11H17N3O3. The van der Waals surface area contributed by atoms with Crippen molar-refractivity contribution in [3.63, 3.8) is 0 Å². The molecular weight excluding hydrogens is 222 g/mol. The molecule has 1 heterocycles. The van der Waals surface area contributed by atoms with E-state index >= 15 is 0 Å². The second-order valence-corrected chi connectivity index (χ2v) is 3.83. The summed E-state index contributed by atoms with van der Waals surface area (Å²) in [6.07, 6.45) is 0. The van der Waals surface area contributed by atoms with Crippen molar-refractivity contribution in [3.8, 4) is 0 Å². The van der Waals surface area contributed by atoms with E-state index in [0.29, 0.717) is 17.1 Å². The Bertz CT molecular complexity index is 468. The minimum absolute atomic E-state index is 0.0599. The average molecular weight is 239 g/mol. The maximum atomic E-state index is 11.8. The van der Waals surface area contributed by atoms with Gasteiger partial charge in [0.15, 0.2) is 0 Å². The monoisotopic (exact) mass is 239 g/mol. The fourth-order valence-corrected chi connectivity index (χ4v) is 1.66. The van der Waals surface area contributed by atoms with E-state index in [4.69, 9.17) is 0 Å². The maximum Gasteiger partial charge on any atom is 0.319 e. The molecule has 0 aromatic carbocycles. The number of carbonyl (C=O) groups is 1. The quantitative estimate of drug-likeness (QED) is 0.734. The van der Waals surface area contributed by atoms with Gasteiger partial charge in [0.25, 0.3) is 5.56 Å². The second-order valence-electron chi connectivity index (χ2n) is 3.83. The number of H-pyrrole nitrogens is 1. The number of nitrogens with zero attached hydrogens (tertiary/aromatic N) is 1. The summed E-state index contributed by atoms with van der Waals surface area (Å²) in [6.45, 7) is 5.36. The van der Waals surface area contributed by atoms with Gasteiger partial charge in [0.05, 0.1) is 19.2 Å². The molecule has 0 spiro atoms. The van der Waals surface area contributed by atoms with Crippen LogP contribution >= 0.6 is 0 Å². The number of aryl methyl sites for hydroxylation is 2. The highest BCUT2D eigenvalue weighted by atomic mass is 16.5. The van der Waals surface area contributed by atoms with Crippen LogP contribution in [0.2, 0.25) is 0 Å². The molecule has 6 heteroatoms. The van der Waals surface area contributed by atoms with Crippen molar-refractivity contribution < 1.29 is 9.53 Å². The number of carbonyl (C=O) groups excluding carboxylic acids is 1. The molecule has 17 heavy (non-hydrogen) atoms. The van der Waals surface area contributed by atoms with Crippen LogP contribution < -0.4 is 10.9 Å². The number of nitrogens with one attached hydrogen (secondary N) is 2. The number of aromatic amines is 1. The molecule has 1 unspecified atom stereocenters. The molecule has 2 N–H and O–H groups in total. The van der Waals surface area contributed by atoms with Gasteiger partial charge in [-0.25, -0.2) is 4.98 Å². The minimum atomic E-state index is -0.369. The van der Waals surface area contributed by atoms with E-state index in [-0.39, 0.29) is 24.1 Å². The van der Waals surface area contributed by atoms with E-state index in [1.165, 1.54) is 7.11 Å². The van der Waals surface area contributed by atoms with Gasteiger partial charge in [0, 0.05) is 11.7 Å². The Labute approximate surface area is 99.4 Å². The molecule has 0 amide bonds. The predicted molar refractivity (Wildman–Crippen MR) is 62.8 cm³/mol. The van der Waals surface area contributed by atoms with Crippen molar-refractivity contribution in [2.45, 2.75) is 26.8 Å². The third-order valence-corrected chi connectivity index (χ3v) is 2.48. The summed E-state index contributed by atoms with van der Waals surface area (Å²) in [7, 11) is 1.32. The Balaban J connectivity index is 2.86. The third kappa shape index (κ3) is 3.39. The molecule has 0 bridgehead atoms. The van der Waals surface area contributed by atoms with Gasteiger partial charge in [-0.1, -0.05) is 0 Å². The van der Waals surface area contributed by atoms with Crippen LogP contribution in [0.15, 0.2) is 4.79 Å². The minimum Gasteiger partial charge on any atom is -0.468 e. The van der Waals surface area contributed by atoms with E-state index < -0.39 is 0 Å². The van der Waals surface area contributed by atoms with E-state index in [1.54, 1.807) is 20.8 Å². The lowest BCUT2D eigenvalue weighted by atomic mass is 10.1. The normalized spacial score (nSPS) is 12.2. The molecule has 0 saturated carbocycles. The molecule has 94 valence electrons. The molecule has 1 atom stereocenters. The fourth-order valence-electron chi connectivity index (χ4n) is 1.66. The van der Waals surface area contributed by atoms with Crippen LogP contribution in [0.3, 0.4) is 0 Å². The molecule has 0 aliphatic carbocycles. The summed E-state index contributed by atoms with van der Waals surface area (Å²) >= 11 is 0. The van der Waals surface area contributed by atoms with E-state index in [2.05, 4.69) is 20.0 Å². The van der Waals surface area contributed by atoms with Crippen molar-refractivity contribution in [3.05, 3.63) is 27.4 Å². The van der Waals surface area contributed by atoms with Crippen LogP contribution in [0.1, 0.15) is 30.0 Å². The third-order valence-electron chi connectivity index (χ3n) is 2.48.